The molecule has 0 atom stereocenters. The fourth-order valence-corrected chi connectivity index (χ4v) is 4.09. The van der Waals surface area contributed by atoms with Crippen LogP contribution < -0.4 is 0 Å². The molecule has 1 aromatic heterocycles. The Hall–Kier alpha value is -2.94. The predicted molar refractivity (Wildman–Crippen MR) is 110 cm³/mol. The molecule has 0 spiro atoms. The molecule has 1 aliphatic heterocycles. The van der Waals surface area contributed by atoms with Gasteiger partial charge in [-0.05, 0) is 38.0 Å². The second kappa shape index (κ2) is 7.59. The minimum atomic E-state index is -0.242. The highest BCUT2D eigenvalue weighted by Crippen LogP contribution is 2.30. The third-order valence-electron chi connectivity index (χ3n) is 5.55. The number of carbonyl (C=O) groups is 1. The van der Waals surface area contributed by atoms with Crippen molar-refractivity contribution in [3.63, 3.8) is 0 Å². The number of likely N-dealkylation sites (tertiary alicyclic amines) is 1. The molecule has 3 aromatic rings. The summed E-state index contributed by atoms with van der Waals surface area (Å²) in [6, 6.07) is 15.4. The zero-order valence-electron chi connectivity index (χ0n) is 15.9. The van der Waals surface area contributed by atoms with Crippen LogP contribution in [-0.2, 0) is 0 Å². The number of fused-ring (bicyclic) bond motifs is 1. The highest BCUT2D eigenvalue weighted by molar-refractivity contribution is 6.10. The number of hydrogen-bond acceptors (Lipinski definition) is 3. The monoisotopic (exact) mass is 373 g/mol. The van der Waals surface area contributed by atoms with Crippen LogP contribution in [0.1, 0.15) is 28.9 Å². The number of benzene rings is 2. The van der Waals surface area contributed by atoms with Gasteiger partial charge in [-0.15, -0.1) is 0 Å². The summed E-state index contributed by atoms with van der Waals surface area (Å²) in [5.41, 5.74) is 4.21. The van der Waals surface area contributed by atoms with Crippen molar-refractivity contribution in [2.45, 2.75) is 25.9 Å². The van der Waals surface area contributed by atoms with Gasteiger partial charge in [0.05, 0.1) is 24.7 Å². The lowest BCUT2D eigenvalue weighted by Crippen LogP contribution is -2.39. The Morgan fingerprint density at radius 3 is 2.50 bits per heavy atom. The van der Waals surface area contributed by atoms with Crippen LogP contribution in [0.4, 0.5) is 5.69 Å². The number of hydrogen-bond donors (Lipinski definition) is 1. The Morgan fingerprint density at radius 1 is 1.14 bits per heavy atom. The number of para-hydroxylation sites is 1. The van der Waals surface area contributed by atoms with Crippen molar-refractivity contribution in [2.24, 2.45) is 0 Å². The highest BCUT2D eigenvalue weighted by atomic mass is 16.3. The Kier molecular flexibility index (Phi) is 4.99. The van der Waals surface area contributed by atoms with Gasteiger partial charge in [0, 0.05) is 35.4 Å². The van der Waals surface area contributed by atoms with Crippen molar-refractivity contribution >= 4 is 22.4 Å². The molecule has 0 bridgehead atoms. The number of aliphatic hydroxyl groups excluding tert-OH is 1. The number of ketones is 1. The first kappa shape index (κ1) is 18.4. The van der Waals surface area contributed by atoms with Crippen LogP contribution in [0.5, 0.6) is 0 Å². The fourth-order valence-electron chi connectivity index (χ4n) is 4.09. The number of aliphatic hydroxyl groups is 1. The van der Waals surface area contributed by atoms with Gasteiger partial charge in [0.15, 0.2) is 11.5 Å². The standard InChI is InChI=1S/C23H23N3O2/c1-16-23(22(28)15-25-13-11-19(27)12-14-25)20-5-3-4-6-21(20)26(16)18-9-7-17(24-2)8-10-18/h3-10,19,27H,11-15H2,1H3. The normalized spacial score (nSPS) is 15.6. The van der Waals surface area contributed by atoms with E-state index in [0.29, 0.717) is 12.2 Å². The zero-order chi connectivity index (χ0) is 19.7. The molecule has 1 aliphatic rings. The third kappa shape index (κ3) is 3.33. The number of Topliss-reactive ketones (excluding diaryl/α,β-unsaturated/α-hetero) is 1. The van der Waals surface area contributed by atoms with Gasteiger partial charge in [0.1, 0.15) is 0 Å². The van der Waals surface area contributed by atoms with Crippen molar-refractivity contribution in [1.29, 1.82) is 0 Å². The SMILES string of the molecule is [C-]#[N+]c1ccc(-n2c(C)c(C(=O)CN3CCC(O)CC3)c3ccccc32)cc1. The van der Waals surface area contributed by atoms with E-state index in [4.69, 9.17) is 6.57 Å². The van der Waals surface area contributed by atoms with Crippen molar-refractivity contribution in [3.05, 3.63) is 71.2 Å². The van der Waals surface area contributed by atoms with Gasteiger partial charge in [-0.25, -0.2) is 4.85 Å². The first-order valence-electron chi connectivity index (χ1n) is 9.60. The van der Waals surface area contributed by atoms with E-state index in [1.165, 1.54) is 0 Å². The first-order chi connectivity index (χ1) is 13.6. The quantitative estimate of drug-likeness (QED) is 0.553. The van der Waals surface area contributed by atoms with Gasteiger partial charge >= 0.3 is 0 Å². The van der Waals surface area contributed by atoms with Crippen molar-refractivity contribution in [3.8, 4) is 5.69 Å². The van der Waals surface area contributed by atoms with Crippen LogP contribution in [0.25, 0.3) is 21.4 Å². The van der Waals surface area contributed by atoms with E-state index < -0.39 is 0 Å². The number of aromatic nitrogens is 1. The number of nitrogens with zero attached hydrogens (tertiary/aromatic N) is 3. The second-order valence-electron chi connectivity index (χ2n) is 7.37. The van der Waals surface area contributed by atoms with Crippen molar-refractivity contribution < 1.29 is 9.90 Å². The lowest BCUT2D eigenvalue weighted by atomic mass is 10.0. The second-order valence-corrected chi connectivity index (χ2v) is 7.37. The summed E-state index contributed by atoms with van der Waals surface area (Å²) in [6.45, 7) is 11.0. The van der Waals surface area contributed by atoms with Crippen LogP contribution in [0.3, 0.4) is 0 Å². The molecule has 0 saturated carbocycles. The predicted octanol–water partition coefficient (Wildman–Crippen LogP) is 4.13. The molecular formula is C23H23N3O2. The maximum Gasteiger partial charge on any atom is 0.187 e. The van der Waals surface area contributed by atoms with Crippen LogP contribution >= 0.6 is 0 Å². The van der Waals surface area contributed by atoms with E-state index in [2.05, 4.69) is 14.3 Å². The van der Waals surface area contributed by atoms with Gasteiger partial charge in [-0.1, -0.05) is 30.3 Å². The van der Waals surface area contributed by atoms with Crippen molar-refractivity contribution in [2.75, 3.05) is 19.6 Å². The van der Waals surface area contributed by atoms with Crippen LogP contribution in [0.2, 0.25) is 0 Å². The van der Waals surface area contributed by atoms with E-state index in [-0.39, 0.29) is 11.9 Å². The van der Waals surface area contributed by atoms with Gasteiger partial charge in [-0.3, -0.25) is 9.69 Å². The van der Waals surface area contributed by atoms with Crippen molar-refractivity contribution in [1.82, 2.24) is 9.47 Å². The molecule has 1 N–H and O–H groups in total. The summed E-state index contributed by atoms with van der Waals surface area (Å²) in [5.74, 6) is 0.113. The lowest BCUT2D eigenvalue weighted by Gasteiger charge is -2.28. The van der Waals surface area contributed by atoms with E-state index in [1.54, 1.807) is 12.1 Å². The summed E-state index contributed by atoms with van der Waals surface area (Å²) >= 11 is 0. The molecule has 0 amide bonds. The molecule has 2 heterocycles. The summed E-state index contributed by atoms with van der Waals surface area (Å²) < 4.78 is 2.09. The maximum atomic E-state index is 13.2. The number of rotatable bonds is 4. The van der Waals surface area contributed by atoms with E-state index in [1.807, 2.05) is 43.3 Å². The molecule has 4 rings (SSSR count). The van der Waals surface area contributed by atoms with Crippen LogP contribution in [0, 0.1) is 13.5 Å². The average molecular weight is 373 g/mol. The van der Waals surface area contributed by atoms with E-state index >= 15 is 0 Å². The van der Waals surface area contributed by atoms with Gasteiger partial charge in [0.25, 0.3) is 0 Å². The summed E-state index contributed by atoms with van der Waals surface area (Å²) in [7, 11) is 0. The summed E-state index contributed by atoms with van der Waals surface area (Å²) in [4.78, 5) is 18.8. The van der Waals surface area contributed by atoms with Crippen LogP contribution in [-0.4, -0.2) is 46.1 Å². The summed E-state index contributed by atoms with van der Waals surface area (Å²) in [5, 5.41) is 10.7. The minimum absolute atomic E-state index is 0.113. The summed E-state index contributed by atoms with van der Waals surface area (Å²) in [6.07, 6.45) is 1.21. The average Bonchev–Trinajstić information content (AvgIpc) is 3.01. The fraction of sp³-hybridized carbons (Fsp3) is 0.304. The topological polar surface area (TPSA) is 49.8 Å². The molecule has 1 saturated heterocycles. The lowest BCUT2D eigenvalue weighted by molar-refractivity contribution is 0.0711. The number of piperidine rings is 1. The highest BCUT2D eigenvalue weighted by Gasteiger charge is 2.24. The minimum Gasteiger partial charge on any atom is -0.393 e. The first-order valence-corrected chi connectivity index (χ1v) is 9.60. The molecule has 0 unspecified atom stereocenters. The Morgan fingerprint density at radius 2 is 1.82 bits per heavy atom. The molecule has 0 aliphatic carbocycles. The Balaban J connectivity index is 1.74. The molecule has 142 valence electrons. The third-order valence-corrected chi connectivity index (χ3v) is 5.55. The Bertz CT molecular complexity index is 1050. The number of carbonyl (C=O) groups excluding carboxylic acids is 1. The zero-order valence-corrected chi connectivity index (χ0v) is 15.9. The molecule has 5 nitrogen and oxygen atoms in total. The molecule has 5 heteroatoms. The van der Waals surface area contributed by atoms with Gasteiger partial charge < -0.3 is 9.67 Å². The van der Waals surface area contributed by atoms with E-state index in [9.17, 15) is 9.90 Å². The largest absolute Gasteiger partial charge is 0.393 e. The molecular weight excluding hydrogens is 350 g/mol. The maximum absolute atomic E-state index is 13.2. The molecule has 28 heavy (non-hydrogen) atoms. The Labute approximate surface area is 164 Å². The molecule has 1 fully saturated rings. The van der Waals surface area contributed by atoms with E-state index in [0.717, 1.165) is 53.8 Å². The van der Waals surface area contributed by atoms with Gasteiger partial charge in [-0.2, -0.15) is 0 Å². The smallest absolute Gasteiger partial charge is 0.187 e. The molecule has 2 aromatic carbocycles. The van der Waals surface area contributed by atoms with Gasteiger partial charge in [0.2, 0.25) is 0 Å². The van der Waals surface area contributed by atoms with Crippen LogP contribution in [0.15, 0.2) is 48.5 Å². The molecule has 0 radical (unpaired) electrons.